The quantitative estimate of drug-likeness (QED) is 0.375. The van der Waals surface area contributed by atoms with Crippen molar-refractivity contribution in [3.05, 3.63) is 83.4 Å². The molecule has 6 nitrogen and oxygen atoms in total. The van der Waals surface area contributed by atoms with E-state index in [1.54, 1.807) is 14.2 Å². The van der Waals surface area contributed by atoms with Crippen molar-refractivity contribution in [3.63, 3.8) is 0 Å². The Labute approximate surface area is 203 Å². The Kier molecular flexibility index (Phi) is 6.20. The van der Waals surface area contributed by atoms with Crippen molar-refractivity contribution in [3.8, 4) is 11.5 Å². The van der Waals surface area contributed by atoms with Crippen molar-refractivity contribution in [2.45, 2.75) is 17.6 Å². The van der Waals surface area contributed by atoms with Gasteiger partial charge in [-0.3, -0.25) is 4.79 Å². The van der Waals surface area contributed by atoms with E-state index in [0.29, 0.717) is 23.8 Å². The first-order chi connectivity index (χ1) is 16.6. The maximum absolute atomic E-state index is 13.6. The molecule has 5 rings (SSSR count). The molecule has 0 aliphatic carbocycles. The van der Waals surface area contributed by atoms with E-state index in [-0.39, 0.29) is 11.9 Å². The van der Waals surface area contributed by atoms with Crippen molar-refractivity contribution in [2.75, 3.05) is 26.5 Å². The maximum Gasteiger partial charge on any atom is 0.233 e. The highest BCUT2D eigenvalue weighted by atomic mass is 32.2. The van der Waals surface area contributed by atoms with Crippen LogP contribution in [0.3, 0.4) is 0 Å². The highest BCUT2D eigenvalue weighted by Gasteiger charge is 2.33. The summed E-state index contributed by atoms with van der Waals surface area (Å²) in [6, 6.07) is 22.1. The molecule has 1 aromatic heterocycles. The molecule has 1 atom stereocenters. The molecule has 0 N–H and O–H groups in total. The Morgan fingerprint density at radius 3 is 2.47 bits per heavy atom. The lowest BCUT2D eigenvalue weighted by molar-refractivity contribution is -0.130. The van der Waals surface area contributed by atoms with Crippen LogP contribution in [0.25, 0.3) is 11.0 Å². The van der Waals surface area contributed by atoms with E-state index in [0.717, 1.165) is 33.7 Å². The van der Waals surface area contributed by atoms with E-state index < -0.39 is 0 Å². The van der Waals surface area contributed by atoms with Crippen LogP contribution in [0.2, 0.25) is 0 Å². The van der Waals surface area contributed by atoms with E-state index in [1.165, 1.54) is 17.3 Å². The summed E-state index contributed by atoms with van der Waals surface area (Å²) in [5, 5.41) is 0.842. The van der Waals surface area contributed by atoms with E-state index in [9.17, 15) is 4.79 Å². The number of rotatable bonds is 6. The minimum atomic E-state index is -0.182. The van der Waals surface area contributed by atoms with Crippen LogP contribution in [0.4, 0.5) is 0 Å². The van der Waals surface area contributed by atoms with Gasteiger partial charge in [0.1, 0.15) is 0 Å². The molecule has 0 saturated carbocycles. The van der Waals surface area contributed by atoms with Crippen LogP contribution in [0.15, 0.2) is 71.9 Å². The van der Waals surface area contributed by atoms with Gasteiger partial charge in [-0.25, -0.2) is 4.98 Å². The zero-order valence-electron chi connectivity index (χ0n) is 19.5. The summed E-state index contributed by atoms with van der Waals surface area (Å²) in [7, 11) is 5.28. The Morgan fingerprint density at radius 2 is 1.74 bits per heavy atom. The molecule has 0 fully saturated rings. The predicted octanol–water partition coefficient (Wildman–Crippen LogP) is 4.86. The van der Waals surface area contributed by atoms with Gasteiger partial charge in [0.05, 0.1) is 37.0 Å². The molecule has 0 spiro atoms. The van der Waals surface area contributed by atoms with Gasteiger partial charge in [0.25, 0.3) is 0 Å². The number of nitrogens with zero attached hydrogens (tertiary/aromatic N) is 3. The summed E-state index contributed by atoms with van der Waals surface area (Å²) in [4.78, 5) is 20.3. The molecule has 0 radical (unpaired) electrons. The summed E-state index contributed by atoms with van der Waals surface area (Å²) >= 11 is 1.48. The van der Waals surface area contributed by atoms with Gasteiger partial charge >= 0.3 is 0 Å². The molecular formula is C27H27N3O3S. The molecule has 174 valence electrons. The molecule has 7 heteroatoms. The smallest absolute Gasteiger partial charge is 0.233 e. The molecule has 1 aliphatic rings. The first-order valence-electron chi connectivity index (χ1n) is 11.2. The van der Waals surface area contributed by atoms with E-state index in [1.807, 2.05) is 71.1 Å². The Bertz CT molecular complexity index is 1340. The minimum Gasteiger partial charge on any atom is -0.493 e. The van der Waals surface area contributed by atoms with Gasteiger partial charge in [-0.15, -0.1) is 0 Å². The van der Waals surface area contributed by atoms with Crippen molar-refractivity contribution in [1.82, 2.24) is 14.5 Å². The normalized spacial score (nSPS) is 15.3. The largest absolute Gasteiger partial charge is 0.493 e. The number of carbonyl (C=O) groups excluding carboxylic acids is 1. The molecule has 1 aliphatic heterocycles. The number of fused-ring (bicyclic) bond motifs is 2. The number of carbonyl (C=O) groups is 1. The van der Waals surface area contributed by atoms with Crippen molar-refractivity contribution >= 4 is 28.7 Å². The topological polar surface area (TPSA) is 56.6 Å². The van der Waals surface area contributed by atoms with Gasteiger partial charge < -0.3 is 18.9 Å². The SMILES string of the molecule is COc1cc2c(cc1OC)[C@@H](c1ccccc1)N(C(=O)CSc1nc3ccccc3n1C)CC2. The Hall–Kier alpha value is -3.45. The average Bonchev–Trinajstić information content (AvgIpc) is 3.21. The van der Waals surface area contributed by atoms with Crippen LogP contribution in [-0.4, -0.2) is 46.9 Å². The third-order valence-electron chi connectivity index (χ3n) is 6.38. The van der Waals surface area contributed by atoms with Crippen LogP contribution >= 0.6 is 11.8 Å². The molecular weight excluding hydrogens is 446 g/mol. The molecule has 3 aromatic carbocycles. The summed E-state index contributed by atoms with van der Waals surface area (Å²) in [5.41, 5.74) is 5.34. The van der Waals surface area contributed by atoms with E-state index in [2.05, 4.69) is 12.1 Å². The second kappa shape index (κ2) is 9.43. The zero-order chi connectivity index (χ0) is 23.7. The van der Waals surface area contributed by atoms with Gasteiger partial charge in [0.2, 0.25) is 5.91 Å². The van der Waals surface area contributed by atoms with Crippen LogP contribution in [0, 0.1) is 0 Å². The fraction of sp³-hybridized carbons (Fsp3) is 0.259. The molecule has 0 unspecified atom stereocenters. The number of benzene rings is 3. The van der Waals surface area contributed by atoms with Crippen molar-refractivity contribution in [1.29, 1.82) is 0 Å². The first kappa shape index (κ1) is 22.3. The zero-order valence-corrected chi connectivity index (χ0v) is 20.3. The van der Waals surface area contributed by atoms with Crippen LogP contribution < -0.4 is 9.47 Å². The maximum atomic E-state index is 13.6. The van der Waals surface area contributed by atoms with Gasteiger partial charge in [-0.2, -0.15) is 0 Å². The summed E-state index contributed by atoms with van der Waals surface area (Å²) in [6.45, 7) is 0.643. The van der Waals surface area contributed by atoms with Gasteiger partial charge in [0.15, 0.2) is 16.7 Å². The van der Waals surface area contributed by atoms with Gasteiger partial charge in [-0.1, -0.05) is 54.2 Å². The lowest BCUT2D eigenvalue weighted by atomic mass is 9.87. The van der Waals surface area contributed by atoms with E-state index in [4.69, 9.17) is 14.5 Å². The number of hydrogen-bond donors (Lipinski definition) is 0. The van der Waals surface area contributed by atoms with Gasteiger partial charge in [-0.05, 0) is 47.4 Å². The van der Waals surface area contributed by atoms with E-state index >= 15 is 0 Å². The molecule has 1 amide bonds. The number of hydrogen-bond acceptors (Lipinski definition) is 5. The number of thioether (sulfide) groups is 1. The van der Waals surface area contributed by atoms with Crippen molar-refractivity contribution in [2.24, 2.45) is 7.05 Å². The molecule has 34 heavy (non-hydrogen) atoms. The molecule has 0 saturated heterocycles. The lowest BCUT2D eigenvalue weighted by Gasteiger charge is -2.38. The second-order valence-electron chi connectivity index (χ2n) is 8.29. The number of amides is 1. The summed E-state index contributed by atoms with van der Waals surface area (Å²) in [6.07, 6.45) is 0.766. The third-order valence-corrected chi connectivity index (χ3v) is 7.39. The Morgan fingerprint density at radius 1 is 1.03 bits per heavy atom. The third kappa shape index (κ3) is 4.01. The molecule has 4 aromatic rings. The molecule has 0 bridgehead atoms. The van der Waals surface area contributed by atoms with Gasteiger partial charge in [0, 0.05) is 13.6 Å². The minimum absolute atomic E-state index is 0.0892. The van der Waals surface area contributed by atoms with Crippen LogP contribution in [0.1, 0.15) is 22.7 Å². The highest BCUT2D eigenvalue weighted by molar-refractivity contribution is 7.99. The highest BCUT2D eigenvalue weighted by Crippen LogP contribution is 2.41. The average molecular weight is 474 g/mol. The number of para-hydroxylation sites is 2. The molecule has 2 heterocycles. The summed E-state index contributed by atoms with van der Waals surface area (Å²) < 4.78 is 13.2. The first-order valence-corrected chi connectivity index (χ1v) is 12.2. The number of methoxy groups -OCH3 is 2. The number of imidazole rings is 1. The van der Waals surface area contributed by atoms with Crippen LogP contribution in [-0.2, 0) is 18.3 Å². The number of aryl methyl sites for hydroxylation is 1. The van der Waals surface area contributed by atoms with Crippen LogP contribution in [0.5, 0.6) is 11.5 Å². The lowest BCUT2D eigenvalue weighted by Crippen LogP contribution is -2.41. The van der Waals surface area contributed by atoms with Crippen molar-refractivity contribution < 1.29 is 14.3 Å². The number of aromatic nitrogens is 2. The monoisotopic (exact) mass is 473 g/mol. The predicted molar refractivity (Wildman–Crippen MR) is 135 cm³/mol. The standard InChI is InChI=1S/C27H27N3O3S/c1-29-22-12-8-7-11-21(22)28-27(29)34-17-25(31)30-14-13-19-15-23(32-2)24(33-3)16-20(19)26(30)18-9-5-4-6-10-18/h4-12,15-16,26H,13-14,17H2,1-3H3/t26-/m1/s1. The fourth-order valence-electron chi connectivity index (χ4n) is 4.67. The fourth-order valence-corrected chi connectivity index (χ4v) is 5.54. The Balaban J connectivity index is 1.46. The second-order valence-corrected chi connectivity index (χ2v) is 9.23. The number of ether oxygens (including phenoxy) is 2. The summed E-state index contributed by atoms with van der Waals surface area (Å²) in [5.74, 6) is 1.80.